The van der Waals surface area contributed by atoms with Gasteiger partial charge in [-0.1, -0.05) is 23.7 Å². The van der Waals surface area contributed by atoms with Gasteiger partial charge in [0.2, 0.25) is 0 Å². The minimum Gasteiger partial charge on any atom is -0.497 e. The minimum atomic E-state index is 0.337. The van der Waals surface area contributed by atoms with Crippen LogP contribution in [0.4, 0.5) is 0 Å². The number of methoxy groups -OCH3 is 1. The first-order valence-corrected chi connectivity index (χ1v) is 9.81. The van der Waals surface area contributed by atoms with Gasteiger partial charge in [0.15, 0.2) is 0 Å². The number of benzene rings is 1. The van der Waals surface area contributed by atoms with Crippen molar-refractivity contribution in [2.75, 3.05) is 13.7 Å². The fourth-order valence-corrected chi connectivity index (χ4v) is 4.46. The van der Waals surface area contributed by atoms with E-state index in [0.29, 0.717) is 6.04 Å². The fraction of sp³-hybridized carbons (Fsp3) is 0.400. The molecule has 0 saturated carbocycles. The molecule has 0 N–H and O–H groups in total. The lowest BCUT2D eigenvalue weighted by Gasteiger charge is -2.33. The standard InChI is InChI=1S/C20H23N3O2S/c1-14-10-18(22-25-14)19-8-3-4-9-23(19)13-17-12-21-20(26-17)15-6-5-7-16(11-15)24-2/h5-7,10-12,19H,3-4,8-9,13H2,1-2H3/t19-/m0/s1. The van der Waals surface area contributed by atoms with Crippen LogP contribution in [0.1, 0.15) is 41.6 Å². The van der Waals surface area contributed by atoms with Crippen molar-refractivity contribution in [3.63, 3.8) is 0 Å². The topological polar surface area (TPSA) is 51.4 Å². The first-order valence-electron chi connectivity index (χ1n) is 8.99. The average molecular weight is 369 g/mol. The Labute approximate surface area is 157 Å². The van der Waals surface area contributed by atoms with Gasteiger partial charge in [0, 0.05) is 29.2 Å². The first kappa shape index (κ1) is 17.2. The van der Waals surface area contributed by atoms with E-state index in [4.69, 9.17) is 9.26 Å². The Kier molecular flexibility index (Phi) is 5.04. The molecule has 0 radical (unpaired) electrons. The van der Waals surface area contributed by atoms with Crippen LogP contribution in [-0.4, -0.2) is 28.7 Å². The zero-order valence-corrected chi connectivity index (χ0v) is 16.0. The summed E-state index contributed by atoms with van der Waals surface area (Å²) in [6, 6.07) is 10.5. The van der Waals surface area contributed by atoms with Crippen LogP contribution >= 0.6 is 11.3 Å². The van der Waals surface area contributed by atoms with Gasteiger partial charge in [-0.25, -0.2) is 4.98 Å². The van der Waals surface area contributed by atoms with Gasteiger partial charge in [0.05, 0.1) is 13.2 Å². The molecule has 0 aliphatic carbocycles. The van der Waals surface area contributed by atoms with E-state index >= 15 is 0 Å². The average Bonchev–Trinajstić information content (AvgIpc) is 3.31. The van der Waals surface area contributed by atoms with Crippen molar-refractivity contribution in [1.29, 1.82) is 0 Å². The maximum atomic E-state index is 5.32. The molecule has 1 aliphatic rings. The van der Waals surface area contributed by atoms with Gasteiger partial charge >= 0.3 is 0 Å². The number of nitrogens with zero attached hydrogens (tertiary/aromatic N) is 3. The van der Waals surface area contributed by atoms with Gasteiger partial charge < -0.3 is 9.26 Å². The highest BCUT2D eigenvalue weighted by atomic mass is 32.1. The van der Waals surface area contributed by atoms with Crippen molar-refractivity contribution in [2.24, 2.45) is 0 Å². The maximum absolute atomic E-state index is 5.32. The SMILES string of the molecule is COc1cccc(-c2ncc(CN3CCCC[C@H]3c3cc(C)on3)s2)c1. The summed E-state index contributed by atoms with van der Waals surface area (Å²) in [6.45, 7) is 3.94. The summed E-state index contributed by atoms with van der Waals surface area (Å²) >= 11 is 1.75. The van der Waals surface area contributed by atoms with Crippen LogP contribution in [-0.2, 0) is 6.54 Å². The summed E-state index contributed by atoms with van der Waals surface area (Å²) in [4.78, 5) is 8.41. The Balaban J connectivity index is 1.52. The molecule has 0 bridgehead atoms. The molecule has 1 aromatic carbocycles. The monoisotopic (exact) mass is 369 g/mol. The fourth-order valence-electron chi connectivity index (χ4n) is 3.53. The quantitative estimate of drug-likeness (QED) is 0.644. The number of hydrogen-bond acceptors (Lipinski definition) is 6. The molecule has 26 heavy (non-hydrogen) atoms. The summed E-state index contributed by atoms with van der Waals surface area (Å²) in [5.41, 5.74) is 2.16. The predicted molar refractivity (Wildman–Crippen MR) is 102 cm³/mol. The van der Waals surface area contributed by atoms with Crippen LogP contribution in [0.3, 0.4) is 0 Å². The van der Waals surface area contributed by atoms with Crippen LogP contribution in [0.25, 0.3) is 10.6 Å². The highest BCUT2D eigenvalue weighted by Gasteiger charge is 2.27. The number of piperidine rings is 1. The summed E-state index contributed by atoms with van der Waals surface area (Å²) in [7, 11) is 1.69. The van der Waals surface area contributed by atoms with Crippen molar-refractivity contribution in [1.82, 2.24) is 15.0 Å². The number of aryl methyl sites for hydroxylation is 1. The van der Waals surface area contributed by atoms with E-state index in [1.165, 1.54) is 17.7 Å². The molecule has 0 amide bonds. The molecule has 4 rings (SSSR count). The number of hydrogen-bond donors (Lipinski definition) is 0. The molecule has 3 aromatic rings. The maximum Gasteiger partial charge on any atom is 0.133 e. The van der Waals surface area contributed by atoms with Gasteiger partial charge in [-0.3, -0.25) is 4.90 Å². The van der Waals surface area contributed by atoms with Gasteiger partial charge in [0.1, 0.15) is 22.2 Å². The minimum absolute atomic E-state index is 0.337. The first-order chi connectivity index (χ1) is 12.7. The van der Waals surface area contributed by atoms with E-state index in [1.807, 2.05) is 31.3 Å². The number of aromatic nitrogens is 2. The normalized spacial score (nSPS) is 18.2. The molecule has 1 fully saturated rings. The predicted octanol–water partition coefficient (Wildman–Crippen LogP) is 4.84. The van der Waals surface area contributed by atoms with Crippen molar-refractivity contribution in [3.05, 3.63) is 52.9 Å². The van der Waals surface area contributed by atoms with Gasteiger partial charge in [0.25, 0.3) is 0 Å². The largest absolute Gasteiger partial charge is 0.497 e. The Morgan fingerprint density at radius 1 is 1.31 bits per heavy atom. The van der Waals surface area contributed by atoms with Crippen molar-refractivity contribution >= 4 is 11.3 Å². The number of ether oxygens (including phenoxy) is 1. The molecule has 2 aromatic heterocycles. The van der Waals surface area contributed by atoms with Crippen molar-refractivity contribution < 1.29 is 9.26 Å². The molecule has 5 nitrogen and oxygen atoms in total. The lowest BCUT2D eigenvalue weighted by atomic mass is 9.99. The molecular weight excluding hydrogens is 346 g/mol. The van der Waals surface area contributed by atoms with E-state index in [1.54, 1.807) is 18.4 Å². The van der Waals surface area contributed by atoms with Crippen LogP contribution in [0, 0.1) is 6.92 Å². The Morgan fingerprint density at radius 2 is 2.23 bits per heavy atom. The molecule has 1 saturated heterocycles. The number of likely N-dealkylation sites (tertiary alicyclic amines) is 1. The van der Waals surface area contributed by atoms with Crippen LogP contribution < -0.4 is 4.74 Å². The van der Waals surface area contributed by atoms with E-state index in [2.05, 4.69) is 27.2 Å². The molecule has 3 heterocycles. The lowest BCUT2D eigenvalue weighted by molar-refractivity contribution is 0.135. The van der Waals surface area contributed by atoms with E-state index in [0.717, 1.165) is 47.3 Å². The zero-order chi connectivity index (χ0) is 17.9. The summed E-state index contributed by atoms with van der Waals surface area (Å²) in [5.74, 6) is 1.74. The highest BCUT2D eigenvalue weighted by Crippen LogP contribution is 2.34. The lowest BCUT2D eigenvalue weighted by Crippen LogP contribution is -2.32. The summed E-state index contributed by atoms with van der Waals surface area (Å²) < 4.78 is 10.6. The molecule has 136 valence electrons. The summed E-state index contributed by atoms with van der Waals surface area (Å²) in [5, 5.41) is 5.29. The number of thiazole rings is 1. The smallest absolute Gasteiger partial charge is 0.133 e. The second-order valence-corrected chi connectivity index (χ2v) is 7.82. The van der Waals surface area contributed by atoms with E-state index in [9.17, 15) is 0 Å². The molecule has 1 aliphatic heterocycles. The Morgan fingerprint density at radius 3 is 3.04 bits per heavy atom. The van der Waals surface area contributed by atoms with E-state index < -0.39 is 0 Å². The molecule has 1 atom stereocenters. The molecule has 0 spiro atoms. The second-order valence-electron chi connectivity index (χ2n) is 6.71. The second kappa shape index (κ2) is 7.60. The third-order valence-corrected chi connectivity index (χ3v) is 5.86. The van der Waals surface area contributed by atoms with Crippen LogP contribution in [0.15, 0.2) is 41.1 Å². The summed E-state index contributed by atoms with van der Waals surface area (Å²) in [6.07, 6.45) is 5.60. The Bertz CT molecular complexity index is 873. The number of rotatable bonds is 5. The Hall–Kier alpha value is -2.18. The third kappa shape index (κ3) is 3.66. The molecular formula is C20H23N3O2S. The van der Waals surface area contributed by atoms with E-state index in [-0.39, 0.29) is 0 Å². The van der Waals surface area contributed by atoms with Gasteiger partial charge in [-0.2, -0.15) is 0 Å². The molecule has 6 heteroatoms. The highest BCUT2D eigenvalue weighted by molar-refractivity contribution is 7.15. The molecule has 0 unspecified atom stereocenters. The van der Waals surface area contributed by atoms with Gasteiger partial charge in [-0.05, 0) is 38.4 Å². The third-order valence-electron chi connectivity index (χ3n) is 4.83. The zero-order valence-electron chi connectivity index (χ0n) is 15.1. The van der Waals surface area contributed by atoms with Crippen molar-refractivity contribution in [2.45, 2.75) is 38.8 Å². The van der Waals surface area contributed by atoms with Crippen molar-refractivity contribution in [3.8, 4) is 16.3 Å². The van der Waals surface area contributed by atoms with Gasteiger partial charge in [-0.15, -0.1) is 11.3 Å². The van der Waals surface area contributed by atoms with Crippen LogP contribution in [0.2, 0.25) is 0 Å². The van der Waals surface area contributed by atoms with Crippen LogP contribution in [0.5, 0.6) is 5.75 Å².